The lowest BCUT2D eigenvalue weighted by Crippen LogP contribution is -2.36. The maximum Gasteiger partial charge on any atom is 0.292 e. The molecular weight excluding hydrogens is 330 g/mol. The molecule has 3 aromatic heterocycles. The summed E-state index contributed by atoms with van der Waals surface area (Å²) < 4.78 is 10.8. The van der Waals surface area contributed by atoms with E-state index in [-0.39, 0.29) is 6.01 Å². The molecule has 1 fully saturated rings. The van der Waals surface area contributed by atoms with Crippen molar-refractivity contribution >= 4 is 34.0 Å². The van der Waals surface area contributed by atoms with Gasteiger partial charge in [-0.05, 0) is 35.9 Å². The molecule has 4 heterocycles. The zero-order valence-electron chi connectivity index (χ0n) is 14.1. The first-order valence-electron chi connectivity index (χ1n) is 8.52. The van der Waals surface area contributed by atoms with Gasteiger partial charge >= 0.3 is 0 Å². The van der Waals surface area contributed by atoms with E-state index in [0.717, 1.165) is 59.8 Å². The Morgan fingerprint density at radius 2 is 1.73 bits per heavy atom. The Labute approximate surface area is 149 Å². The van der Waals surface area contributed by atoms with Gasteiger partial charge in [0.2, 0.25) is 0 Å². The van der Waals surface area contributed by atoms with Gasteiger partial charge in [0.15, 0.2) is 5.58 Å². The molecule has 7 heteroatoms. The van der Waals surface area contributed by atoms with Crippen molar-refractivity contribution in [1.82, 2.24) is 15.0 Å². The van der Waals surface area contributed by atoms with Crippen molar-refractivity contribution in [3.8, 4) is 11.1 Å². The average Bonchev–Trinajstić information content (AvgIpc) is 3.07. The summed E-state index contributed by atoms with van der Waals surface area (Å²) in [5.74, 6) is 0.958. The Balaban J connectivity index is 1.56. The minimum Gasteiger partial charge on any atom is -0.424 e. The summed E-state index contributed by atoms with van der Waals surface area (Å²) in [6, 6.07) is 12.0. The Hall–Kier alpha value is -3.19. The number of hydrogen-bond donors (Lipinski definition) is 1. The minimum atomic E-state index is 0.172. The van der Waals surface area contributed by atoms with E-state index in [0.29, 0.717) is 5.58 Å². The van der Waals surface area contributed by atoms with Crippen molar-refractivity contribution in [3.05, 3.63) is 42.6 Å². The van der Waals surface area contributed by atoms with Crippen LogP contribution >= 0.6 is 0 Å². The zero-order chi connectivity index (χ0) is 17.5. The number of aromatic nitrogens is 3. The Morgan fingerprint density at radius 3 is 2.62 bits per heavy atom. The van der Waals surface area contributed by atoms with Crippen LogP contribution in [0.15, 0.2) is 47.0 Å². The molecular formula is C19H17N5O2. The number of rotatable bonds is 2. The van der Waals surface area contributed by atoms with Crippen LogP contribution in [-0.2, 0) is 4.74 Å². The number of oxazole rings is 1. The highest BCUT2D eigenvalue weighted by molar-refractivity contribution is 5.85. The van der Waals surface area contributed by atoms with Crippen LogP contribution in [0.1, 0.15) is 0 Å². The number of morpholine rings is 1. The minimum absolute atomic E-state index is 0.172. The molecule has 0 unspecified atom stereocenters. The molecule has 7 nitrogen and oxygen atoms in total. The van der Waals surface area contributed by atoms with Crippen LogP contribution in [0, 0.1) is 0 Å². The van der Waals surface area contributed by atoms with E-state index < -0.39 is 0 Å². The monoisotopic (exact) mass is 347 g/mol. The normalized spacial score (nSPS) is 15.0. The SMILES string of the molecule is Nc1nc2cc(-c3cnc4ccc(N5CCOCC5)nc4c3)ccc2o1. The van der Waals surface area contributed by atoms with Crippen LogP contribution in [0.25, 0.3) is 33.3 Å². The second-order valence-corrected chi connectivity index (χ2v) is 6.27. The van der Waals surface area contributed by atoms with E-state index in [1.54, 1.807) is 0 Å². The summed E-state index contributed by atoms with van der Waals surface area (Å²) in [5.41, 5.74) is 10.8. The van der Waals surface area contributed by atoms with Gasteiger partial charge in [0.25, 0.3) is 6.01 Å². The van der Waals surface area contributed by atoms with Crippen LogP contribution < -0.4 is 10.6 Å². The molecule has 2 N–H and O–H groups in total. The van der Waals surface area contributed by atoms with Crippen molar-refractivity contribution in [2.24, 2.45) is 0 Å². The lowest BCUT2D eigenvalue weighted by Gasteiger charge is -2.27. The molecule has 4 aromatic rings. The quantitative estimate of drug-likeness (QED) is 0.596. The lowest BCUT2D eigenvalue weighted by molar-refractivity contribution is 0.122. The number of benzene rings is 1. The second-order valence-electron chi connectivity index (χ2n) is 6.27. The van der Waals surface area contributed by atoms with Crippen LogP contribution in [0.2, 0.25) is 0 Å². The number of nitrogens with two attached hydrogens (primary N) is 1. The highest BCUT2D eigenvalue weighted by atomic mass is 16.5. The van der Waals surface area contributed by atoms with Gasteiger partial charge in [0.05, 0.1) is 24.2 Å². The first kappa shape index (κ1) is 15.1. The van der Waals surface area contributed by atoms with Gasteiger partial charge in [0.1, 0.15) is 11.3 Å². The summed E-state index contributed by atoms with van der Waals surface area (Å²) in [7, 11) is 0. The first-order valence-corrected chi connectivity index (χ1v) is 8.52. The van der Waals surface area contributed by atoms with Crippen molar-refractivity contribution in [2.45, 2.75) is 0 Å². The van der Waals surface area contributed by atoms with Crippen molar-refractivity contribution in [1.29, 1.82) is 0 Å². The van der Waals surface area contributed by atoms with Gasteiger partial charge in [-0.15, -0.1) is 0 Å². The largest absolute Gasteiger partial charge is 0.424 e. The number of fused-ring (bicyclic) bond motifs is 2. The molecule has 1 saturated heterocycles. The Morgan fingerprint density at radius 1 is 0.885 bits per heavy atom. The third-order valence-electron chi connectivity index (χ3n) is 4.60. The standard InChI is InChI=1S/C19H17N5O2/c20-19-23-16-9-12(1-3-17(16)26-19)13-10-15-14(21-11-13)2-4-18(22-15)24-5-7-25-8-6-24/h1-4,9-11H,5-8H2,(H2,20,23). The molecule has 1 aliphatic heterocycles. The van der Waals surface area contributed by atoms with Crippen LogP contribution in [0.3, 0.4) is 0 Å². The van der Waals surface area contributed by atoms with Crippen molar-refractivity contribution in [2.75, 3.05) is 36.9 Å². The molecule has 1 aliphatic rings. The van der Waals surface area contributed by atoms with E-state index >= 15 is 0 Å². The van der Waals surface area contributed by atoms with Gasteiger partial charge in [-0.1, -0.05) is 6.07 Å². The van der Waals surface area contributed by atoms with Gasteiger partial charge in [-0.2, -0.15) is 4.98 Å². The topological polar surface area (TPSA) is 90.3 Å². The van der Waals surface area contributed by atoms with E-state index in [9.17, 15) is 0 Å². The van der Waals surface area contributed by atoms with E-state index in [1.807, 2.05) is 36.5 Å². The van der Waals surface area contributed by atoms with E-state index in [2.05, 4.69) is 20.9 Å². The fourth-order valence-electron chi connectivity index (χ4n) is 3.25. The molecule has 0 saturated carbocycles. The summed E-state index contributed by atoms with van der Waals surface area (Å²) in [5, 5.41) is 0. The third-order valence-corrected chi connectivity index (χ3v) is 4.60. The van der Waals surface area contributed by atoms with Gasteiger partial charge in [-0.3, -0.25) is 4.98 Å². The number of pyridine rings is 2. The van der Waals surface area contributed by atoms with Crippen molar-refractivity contribution in [3.63, 3.8) is 0 Å². The number of ether oxygens (including phenoxy) is 1. The van der Waals surface area contributed by atoms with Crippen LogP contribution in [-0.4, -0.2) is 41.3 Å². The van der Waals surface area contributed by atoms with E-state index in [1.165, 1.54) is 0 Å². The molecule has 0 aliphatic carbocycles. The fraction of sp³-hybridized carbons (Fsp3) is 0.211. The second kappa shape index (κ2) is 5.96. The summed E-state index contributed by atoms with van der Waals surface area (Å²) in [6.07, 6.45) is 1.85. The maximum absolute atomic E-state index is 5.63. The molecule has 0 bridgehead atoms. The van der Waals surface area contributed by atoms with Gasteiger partial charge < -0.3 is 19.8 Å². The highest BCUT2D eigenvalue weighted by Crippen LogP contribution is 2.27. The molecule has 0 spiro atoms. The first-order chi connectivity index (χ1) is 12.8. The third kappa shape index (κ3) is 2.62. The van der Waals surface area contributed by atoms with Crippen LogP contribution in [0.5, 0.6) is 0 Å². The predicted octanol–water partition coefficient (Wildman–Crippen LogP) is 2.86. The van der Waals surface area contributed by atoms with Gasteiger partial charge in [0, 0.05) is 24.8 Å². The van der Waals surface area contributed by atoms with E-state index in [4.69, 9.17) is 19.9 Å². The Bertz CT molecular complexity index is 1100. The molecule has 1 aromatic carbocycles. The molecule has 0 amide bonds. The number of nitrogens with zero attached hydrogens (tertiary/aromatic N) is 4. The molecule has 130 valence electrons. The highest BCUT2D eigenvalue weighted by Gasteiger charge is 2.13. The molecule has 26 heavy (non-hydrogen) atoms. The Kier molecular flexibility index (Phi) is 3.46. The average molecular weight is 347 g/mol. The smallest absolute Gasteiger partial charge is 0.292 e. The van der Waals surface area contributed by atoms with Gasteiger partial charge in [-0.25, -0.2) is 4.98 Å². The van der Waals surface area contributed by atoms with Crippen molar-refractivity contribution < 1.29 is 9.15 Å². The fourth-order valence-corrected chi connectivity index (χ4v) is 3.25. The lowest BCUT2D eigenvalue weighted by atomic mass is 10.1. The summed E-state index contributed by atoms with van der Waals surface area (Å²) >= 11 is 0. The van der Waals surface area contributed by atoms with Crippen LogP contribution in [0.4, 0.5) is 11.8 Å². The molecule has 0 atom stereocenters. The predicted molar refractivity (Wildman–Crippen MR) is 100.0 cm³/mol. The number of anilines is 2. The maximum atomic E-state index is 5.63. The molecule has 0 radical (unpaired) electrons. The summed E-state index contributed by atoms with van der Waals surface area (Å²) in [4.78, 5) is 15.8. The zero-order valence-corrected chi connectivity index (χ0v) is 14.1. The number of hydrogen-bond acceptors (Lipinski definition) is 7. The number of nitrogen functional groups attached to an aromatic ring is 1. The summed E-state index contributed by atoms with van der Waals surface area (Å²) in [6.45, 7) is 3.18. The molecule has 5 rings (SSSR count).